The van der Waals surface area contributed by atoms with Crippen LogP contribution in [0, 0.1) is 0 Å². The minimum atomic E-state index is -0.595. The first-order valence-electron chi connectivity index (χ1n) is 4.93. The van der Waals surface area contributed by atoms with Crippen molar-refractivity contribution in [3.8, 4) is 11.5 Å². The van der Waals surface area contributed by atoms with E-state index in [0.717, 1.165) is 0 Å². The number of esters is 1. The highest BCUT2D eigenvalue weighted by molar-refractivity contribution is 6.33. The van der Waals surface area contributed by atoms with Gasteiger partial charge < -0.3 is 19.9 Å². The Labute approximate surface area is 104 Å². The number of nitrogen functional groups attached to an aromatic ring is 1. The van der Waals surface area contributed by atoms with Crippen molar-refractivity contribution in [2.45, 2.75) is 6.92 Å². The van der Waals surface area contributed by atoms with Crippen LogP contribution in [-0.2, 0) is 4.74 Å². The second-order valence-corrected chi connectivity index (χ2v) is 3.51. The number of rotatable bonds is 4. The molecule has 0 saturated carbocycles. The molecular formula is C11H14ClNO4. The monoisotopic (exact) mass is 259 g/mol. The molecule has 2 N–H and O–H groups in total. The Bertz CT molecular complexity index is 434. The largest absolute Gasteiger partial charge is 0.495 e. The summed E-state index contributed by atoms with van der Waals surface area (Å²) in [6, 6.07) is 1.48. The molecule has 0 spiro atoms. The van der Waals surface area contributed by atoms with Gasteiger partial charge in [-0.25, -0.2) is 4.79 Å². The fourth-order valence-electron chi connectivity index (χ4n) is 1.40. The van der Waals surface area contributed by atoms with Crippen LogP contribution in [0.1, 0.15) is 17.3 Å². The zero-order valence-electron chi connectivity index (χ0n) is 9.87. The first kappa shape index (κ1) is 13.4. The maximum Gasteiger partial charge on any atom is 0.344 e. The van der Waals surface area contributed by atoms with Crippen LogP contribution in [0.15, 0.2) is 6.07 Å². The first-order valence-corrected chi connectivity index (χ1v) is 5.31. The van der Waals surface area contributed by atoms with Crippen molar-refractivity contribution < 1.29 is 19.0 Å². The molecule has 0 radical (unpaired) electrons. The molecule has 17 heavy (non-hydrogen) atoms. The molecule has 0 aromatic heterocycles. The van der Waals surface area contributed by atoms with Crippen LogP contribution >= 0.6 is 11.6 Å². The van der Waals surface area contributed by atoms with Gasteiger partial charge in [0.05, 0.1) is 31.5 Å². The number of carbonyl (C=O) groups is 1. The summed E-state index contributed by atoms with van der Waals surface area (Å²) in [6.07, 6.45) is 0. The van der Waals surface area contributed by atoms with Gasteiger partial charge in [0, 0.05) is 6.07 Å². The van der Waals surface area contributed by atoms with Crippen molar-refractivity contribution in [3.05, 3.63) is 16.7 Å². The second kappa shape index (κ2) is 5.63. The fraction of sp³-hybridized carbons (Fsp3) is 0.364. The Balaban J connectivity index is 3.42. The number of hydrogen-bond acceptors (Lipinski definition) is 5. The molecule has 0 aliphatic carbocycles. The third-order valence-corrected chi connectivity index (χ3v) is 2.42. The Morgan fingerprint density at radius 3 is 2.53 bits per heavy atom. The van der Waals surface area contributed by atoms with Gasteiger partial charge in [0.15, 0.2) is 5.75 Å². The SMILES string of the molecule is CCOC(=O)c1c(N)c(OC)cc(Cl)c1OC. The number of halogens is 1. The summed E-state index contributed by atoms with van der Waals surface area (Å²) in [6.45, 7) is 1.93. The van der Waals surface area contributed by atoms with E-state index in [4.69, 9.17) is 31.5 Å². The Kier molecular flexibility index (Phi) is 4.45. The van der Waals surface area contributed by atoms with Gasteiger partial charge in [-0.2, -0.15) is 0 Å². The van der Waals surface area contributed by atoms with Crippen molar-refractivity contribution in [1.82, 2.24) is 0 Å². The van der Waals surface area contributed by atoms with Crippen molar-refractivity contribution in [3.63, 3.8) is 0 Å². The van der Waals surface area contributed by atoms with Crippen LogP contribution in [-0.4, -0.2) is 26.8 Å². The summed E-state index contributed by atoms with van der Waals surface area (Å²) in [7, 11) is 2.83. The van der Waals surface area contributed by atoms with Crippen LogP contribution in [0.4, 0.5) is 5.69 Å². The third-order valence-electron chi connectivity index (χ3n) is 2.14. The van der Waals surface area contributed by atoms with E-state index in [1.54, 1.807) is 6.92 Å². The number of ether oxygens (including phenoxy) is 3. The summed E-state index contributed by atoms with van der Waals surface area (Å²) < 4.78 is 15.0. The number of nitrogens with two attached hydrogens (primary N) is 1. The van der Waals surface area contributed by atoms with Gasteiger partial charge in [-0.15, -0.1) is 0 Å². The fourth-order valence-corrected chi connectivity index (χ4v) is 1.67. The van der Waals surface area contributed by atoms with Crippen molar-refractivity contribution >= 4 is 23.3 Å². The summed E-state index contributed by atoms with van der Waals surface area (Å²) >= 11 is 5.96. The average molecular weight is 260 g/mol. The molecule has 1 rings (SSSR count). The van der Waals surface area contributed by atoms with Gasteiger partial charge in [-0.3, -0.25) is 0 Å². The van der Waals surface area contributed by atoms with E-state index in [2.05, 4.69) is 0 Å². The van der Waals surface area contributed by atoms with Crippen LogP contribution in [0.2, 0.25) is 5.02 Å². The maximum absolute atomic E-state index is 11.8. The molecular weight excluding hydrogens is 246 g/mol. The van der Waals surface area contributed by atoms with Gasteiger partial charge in [-0.05, 0) is 6.92 Å². The van der Waals surface area contributed by atoms with Crippen molar-refractivity contribution in [1.29, 1.82) is 0 Å². The number of methoxy groups -OCH3 is 2. The molecule has 1 aromatic rings. The molecule has 6 heteroatoms. The predicted molar refractivity (Wildman–Crippen MR) is 64.9 cm³/mol. The molecule has 0 unspecified atom stereocenters. The Hall–Kier alpha value is -1.62. The van der Waals surface area contributed by atoms with Gasteiger partial charge in [0.25, 0.3) is 0 Å². The molecule has 0 atom stereocenters. The average Bonchev–Trinajstić information content (AvgIpc) is 2.31. The predicted octanol–water partition coefficient (Wildman–Crippen LogP) is 2.12. The molecule has 0 fully saturated rings. The molecule has 0 aliphatic rings. The standard InChI is InChI=1S/C11H14ClNO4/c1-4-17-11(14)8-9(13)7(15-2)5-6(12)10(8)16-3/h5H,4,13H2,1-3H3. The van der Waals surface area contributed by atoms with E-state index in [1.807, 2.05) is 0 Å². The topological polar surface area (TPSA) is 70.8 Å². The molecule has 0 bridgehead atoms. The van der Waals surface area contributed by atoms with Crippen LogP contribution in [0.25, 0.3) is 0 Å². The van der Waals surface area contributed by atoms with Crippen LogP contribution in [0.3, 0.4) is 0 Å². The van der Waals surface area contributed by atoms with E-state index >= 15 is 0 Å². The first-order chi connectivity index (χ1) is 8.06. The Morgan fingerprint density at radius 1 is 1.41 bits per heavy atom. The van der Waals surface area contributed by atoms with Gasteiger partial charge >= 0.3 is 5.97 Å². The molecule has 0 saturated heterocycles. The molecule has 0 aliphatic heterocycles. The molecule has 0 heterocycles. The lowest BCUT2D eigenvalue weighted by atomic mass is 10.1. The van der Waals surface area contributed by atoms with Gasteiger partial charge in [0.1, 0.15) is 11.3 Å². The van der Waals surface area contributed by atoms with E-state index in [0.29, 0.717) is 5.75 Å². The minimum absolute atomic E-state index is 0.0821. The summed E-state index contributed by atoms with van der Waals surface area (Å²) in [4.78, 5) is 11.8. The van der Waals surface area contributed by atoms with Crippen molar-refractivity contribution in [2.75, 3.05) is 26.6 Å². The molecule has 1 aromatic carbocycles. The van der Waals surface area contributed by atoms with Gasteiger partial charge in [-0.1, -0.05) is 11.6 Å². The van der Waals surface area contributed by atoms with E-state index in [9.17, 15) is 4.79 Å². The van der Waals surface area contributed by atoms with Crippen molar-refractivity contribution in [2.24, 2.45) is 0 Å². The highest BCUT2D eigenvalue weighted by atomic mass is 35.5. The summed E-state index contributed by atoms with van der Waals surface area (Å²) in [5, 5.41) is 0.238. The molecule has 0 amide bonds. The summed E-state index contributed by atoms with van der Waals surface area (Å²) in [5.41, 5.74) is 6.03. The zero-order chi connectivity index (χ0) is 13.0. The number of benzene rings is 1. The second-order valence-electron chi connectivity index (χ2n) is 3.10. The quantitative estimate of drug-likeness (QED) is 0.662. The third kappa shape index (κ3) is 2.55. The Morgan fingerprint density at radius 2 is 2.06 bits per heavy atom. The van der Waals surface area contributed by atoms with E-state index in [1.165, 1.54) is 20.3 Å². The highest BCUT2D eigenvalue weighted by Crippen LogP contribution is 2.39. The molecule has 5 nitrogen and oxygen atoms in total. The smallest absolute Gasteiger partial charge is 0.344 e. The van der Waals surface area contributed by atoms with Crippen LogP contribution in [0.5, 0.6) is 11.5 Å². The van der Waals surface area contributed by atoms with Crippen LogP contribution < -0.4 is 15.2 Å². The normalized spacial score (nSPS) is 9.88. The zero-order valence-corrected chi connectivity index (χ0v) is 10.6. The highest BCUT2D eigenvalue weighted by Gasteiger charge is 2.23. The van der Waals surface area contributed by atoms with E-state index in [-0.39, 0.29) is 28.6 Å². The number of anilines is 1. The lowest BCUT2D eigenvalue weighted by Crippen LogP contribution is -2.11. The van der Waals surface area contributed by atoms with Gasteiger partial charge in [0.2, 0.25) is 0 Å². The van der Waals surface area contributed by atoms with E-state index < -0.39 is 5.97 Å². The summed E-state index contributed by atoms with van der Waals surface area (Å²) in [5.74, 6) is -0.107. The lowest BCUT2D eigenvalue weighted by molar-refractivity contribution is 0.0523. The maximum atomic E-state index is 11.8. The lowest BCUT2D eigenvalue weighted by Gasteiger charge is -2.14. The molecule has 94 valence electrons. The number of carbonyl (C=O) groups excluding carboxylic acids is 1. The number of hydrogen-bond donors (Lipinski definition) is 1. The minimum Gasteiger partial charge on any atom is -0.495 e.